The number of nitrogens with two attached hydrogens (primary N) is 1. The summed E-state index contributed by atoms with van der Waals surface area (Å²) in [5.74, 6) is 0.568. The molecule has 1 aromatic heterocycles. The van der Waals surface area contributed by atoms with Crippen LogP contribution in [0.1, 0.15) is 45.1 Å². The lowest BCUT2D eigenvalue weighted by atomic mass is 9.96. The van der Waals surface area contributed by atoms with Gasteiger partial charge in [0.25, 0.3) is 0 Å². The van der Waals surface area contributed by atoms with Crippen LogP contribution in [0.2, 0.25) is 5.02 Å². The van der Waals surface area contributed by atoms with E-state index in [1.807, 2.05) is 4.57 Å². The summed E-state index contributed by atoms with van der Waals surface area (Å²) in [5, 5.41) is 0.0936. The second-order valence-electron chi connectivity index (χ2n) is 5.78. The second-order valence-corrected chi connectivity index (χ2v) is 6.18. The highest BCUT2D eigenvalue weighted by molar-refractivity contribution is 6.31. The molecule has 1 heterocycles. The molecule has 2 atom stereocenters. The number of fused-ring (bicyclic) bond motifs is 1. The first-order valence-corrected chi connectivity index (χ1v) is 7.58. The first-order valence-electron chi connectivity index (χ1n) is 7.20. The highest BCUT2D eigenvalue weighted by Crippen LogP contribution is 2.37. The van der Waals surface area contributed by atoms with Gasteiger partial charge in [-0.15, -0.1) is 0 Å². The van der Waals surface area contributed by atoms with Crippen LogP contribution in [0.3, 0.4) is 0 Å². The Hall–Kier alpha value is -1.29. The third kappa shape index (κ3) is 2.26. The van der Waals surface area contributed by atoms with Crippen molar-refractivity contribution in [2.24, 2.45) is 5.92 Å². The van der Waals surface area contributed by atoms with Crippen LogP contribution in [0.4, 0.5) is 10.3 Å². The molecule has 0 saturated heterocycles. The largest absolute Gasteiger partial charge is 0.369 e. The SMILES string of the molecule is CC1CCCCCC1n1c(N)nc2cc(Cl)c(F)cc21. The minimum absolute atomic E-state index is 0.0936. The number of benzene rings is 1. The van der Waals surface area contributed by atoms with Gasteiger partial charge in [-0.3, -0.25) is 0 Å². The normalized spacial score (nSPS) is 23.9. The van der Waals surface area contributed by atoms with Crippen molar-refractivity contribution in [1.82, 2.24) is 9.55 Å². The van der Waals surface area contributed by atoms with Crippen LogP contribution in [0.5, 0.6) is 0 Å². The van der Waals surface area contributed by atoms with Gasteiger partial charge >= 0.3 is 0 Å². The quantitative estimate of drug-likeness (QED) is 0.784. The number of nitrogen functional groups attached to an aromatic ring is 1. The van der Waals surface area contributed by atoms with Crippen LogP contribution >= 0.6 is 11.6 Å². The van der Waals surface area contributed by atoms with E-state index in [2.05, 4.69) is 11.9 Å². The Morgan fingerprint density at radius 1 is 1.30 bits per heavy atom. The summed E-state index contributed by atoms with van der Waals surface area (Å²) in [6.07, 6.45) is 5.95. The standard InChI is InChI=1S/C15H19ClFN3/c1-9-5-3-2-4-6-13(9)20-14-8-11(17)10(16)7-12(14)19-15(20)18/h7-9,13H,2-6H2,1H3,(H2,18,19). The summed E-state index contributed by atoms with van der Waals surface area (Å²) in [5.41, 5.74) is 7.51. The van der Waals surface area contributed by atoms with Crippen molar-refractivity contribution in [3.63, 3.8) is 0 Å². The molecule has 1 fully saturated rings. The summed E-state index contributed by atoms with van der Waals surface area (Å²) in [6.45, 7) is 2.24. The minimum atomic E-state index is -0.415. The number of imidazole rings is 1. The summed E-state index contributed by atoms with van der Waals surface area (Å²) in [7, 11) is 0. The topological polar surface area (TPSA) is 43.8 Å². The molecule has 2 N–H and O–H groups in total. The van der Waals surface area contributed by atoms with E-state index in [0.29, 0.717) is 23.4 Å². The molecule has 0 amide bonds. The molecule has 1 saturated carbocycles. The molecular weight excluding hydrogens is 277 g/mol. The van der Waals surface area contributed by atoms with Gasteiger partial charge < -0.3 is 10.3 Å². The number of halogens is 2. The van der Waals surface area contributed by atoms with Crippen LogP contribution in [-0.2, 0) is 0 Å². The van der Waals surface area contributed by atoms with Crippen molar-refractivity contribution in [3.05, 3.63) is 23.0 Å². The van der Waals surface area contributed by atoms with Gasteiger partial charge in [-0.05, 0) is 24.8 Å². The number of hydrogen-bond acceptors (Lipinski definition) is 2. The Balaban J connectivity index is 2.14. The Labute approximate surface area is 122 Å². The van der Waals surface area contributed by atoms with Crippen LogP contribution in [-0.4, -0.2) is 9.55 Å². The smallest absolute Gasteiger partial charge is 0.201 e. The zero-order valence-corrected chi connectivity index (χ0v) is 12.3. The molecule has 0 aliphatic heterocycles. The van der Waals surface area contributed by atoms with Gasteiger partial charge in [0.05, 0.1) is 16.1 Å². The Morgan fingerprint density at radius 2 is 2.05 bits per heavy atom. The maximum Gasteiger partial charge on any atom is 0.201 e. The van der Waals surface area contributed by atoms with Crippen molar-refractivity contribution in [2.75, 3.05) is 5.73 Å². The fourth-order valence-corrected chi connectivity index (χ4v) is 3.47. The molecule has 2 unspecified atom stereocenters. The molecule has 1 aliphatic rings. The van der Waals surface area contributed by atoms with E-state index < -0.39 is 5.82 Å². The van der Waals surface area contributed by atoms with Gasteiger partial charge in [-0.1, -0.05) is 37.8 Å². The Kier molecular flexibility index (Phi) is 3.59. The lowest BCUT2D eigenvalue weighted by Gasteiger charge is -2.24. The van der Waals surface area contributed by atoms with E-state index in [-0.39, 0.29) is 5.02 Å². The lowest BCUT2D eigenvalue weighted by Crippen LogP contribution is -2.18. The number of hydrogen-bond donors (Lipinski definition) is 1. The molecular formula is C15H19ClFN3. The average molecular weight is 296 g/mol. The highest BCUT2D eigenvalue weighted by Gasteiger charge is 2.25. The molecule has 3 rings (SSSR count). The molecule has 2 aromatic rings. The zero-order chi connectivity index (χ0) is 14.3. The van der Waals surface area contributed by atoms with Crippen molar-refractivity contribution < 1.29 is 4.39 Å². The number of aromatic nitrogens is 2. The van der Waals surface area contributed by atoms with Crippen molar-refractivity contribution >= 4 is 28.6 Å². The predicted molar refractivity (Wildman–Crippen MR) is 80.4 cm³/mol. The Bertz CT molecular complexity index is 638. The molecule has 0 bridgehead atoms. The lowest BCUT2D eigenvalue weighted by molar-refractivity contribution is 0.344. The first-order chi connectivity index (χ1) is 9.58. The average Bonchev–Trinajstić information content (AvgIpc) is 2.58. The van der Waals surface area contributed by atoms with Gasteiger partial charge in [-0.25, -0.2) is 9.37 Å². The van der Waals surface area contributed by atoms with E-state index in [1.54, 1.807) is 6.07 Å². The molecule has 1 aromatic carbocycles. The van der Waals surface area contributed by atoms with Gasteiger partial charge in [0, 0.05) is 12.1 Å². The van der Waals surface area contributed by atoms with Crippen LogP contribution in [0.15, 0.2) is 12.1 Å². The Morgan fingerprint density at radius 3 is 2.85 bits per heavy atom. The van der Waals surface area contributed by atoms with E-state index >= 15 is 0 Å². The molecule has 108 valence electrons. The number of anilines is 1. The third-order valence-corrected chi connectivity index (χ3v) is 4.70. The number of rotatable bonds is 1. The van der Waals surface area contributed by atoms with E-state index in [0.717, 1.165) is 11.9 Å². The molecule has 1 aliphatic carbocycles. The second kappa shape index (κ2) is 5.24. The first kappa shape index (κ1) is 13.7. The molecule has 5 heteroatoms. The summed E-state index contributed by atoms with van der Waals surface area (Å²) in [4.78, 5) is 4.34. The van der Waals surface area contributed by atoms with Gasteiger partial charge in [0.2, 0.25) is 5.95 Å². The summed E-state index contributed by atoms with van der Waals surface area (Å²) >= 11 is 5.82. The van der Waals surface area contributed by atoms with Crippen LogP contribution < -0.4 is 5.73 Å². The van der Waals surface area contributed by atoms with Gasteiger partial charge in [-0.2, -0.15) is 0 Å². The zero-order valence-electron chi connectivity index (χ0n) is 11.6. The van der Waals surface area contributed by atoms with Gasteiger partial charge in [0.1, 0.15) is 5.82 Å². The fourth-order valence-electron chi connectivity index (χ4n) is 3.31. The molecule has 0 spiro atoms. The molecule has 0 radical (unpaired) electrons. The monoisotopic (exact) mass is 295 g/mol. The number of nitrogens with zero attached hydrogens (tertiary/aromatic N) is 2. The summed E-state index contributed by atoms with van der Waals surface area (Å²) < 4.78 is 15.8. The third-order valence-electron chi connectivity index (χ3n) is 4.41. The highest BCUT2D eigenvalue weighted by atomic mass is 35.5. The van der Waals surface area contributed by atoms with Crippen LogP contribution in [0, 0.1) is 11.7 Å². The van der Waals surface area contributed by atoms with Crippen LogP contribution in [0.25, 0.3) is 11.0 Å². The molecule has 20 heavy (non-hydrogen) atoms. The minimum Gasteiger partial charge on any atom is -0.369 e. The molecule has 3 nitrogen and oxygen atoms in total. The predicted octanol–water partition coefficient (Wildman–Crippen LogP) is 4.55. The van der Waals surface area contributed by atoms with Gasteiger partial charge in [0.15, 0.2) is 0 Å². The van der Waals surface area contributed by atoms with E-state index in [4.69, 9.17) is 17.3 Å². The van der Waals surface area contributed by atoms with E-state index in [1.165, 1.54) is 31.7 Å². The summed E-state index contributed by atoms with van der Waals surface area (Å²) in [6, 6.07) is 3.31. The van der Waals surface area contributed by atoms with Crippen molar-refractivity contribution in [3.8, 4) is 0 Å². The van der Waals surface area contributed by atoms with E-state index in [9.17, 15) is 4.39 Å². The maximum atomic E-state index is 13.8. The fraction of sp³-hybridized carbons (Fsp3) is 0.533. The maximum absolute atomic E-state index is 13.8. The van der Waals surface area contributed by atoms with Crippen molar-refractivity contribution in [2.45, 2.75) is 45.1 Å². The van der Waals surface area contributed by atoms with Crippen molar-refractivity contribution in [1.29, 1.82) is 0 Å².